The summed E-state index contributed by atoms with van der Waals surface area (Å²) in [6, 6.07) is 3.47. The fourth-order valence-corrected chi connectivity index (χ4v) is 3.50. The Morgan fingerprint density at radius 2 is 1.00 bits per heavy atom. The molecule has 0 aliphatic carbocycles. The maximum Gasteiger partial charge on any atom is 1.00 e. The Hall–Kier alpha value is -0.880. The largest absolute Gasteiger partial charge is 1.00 e. The number of fused-ring (bicyclic) bond motifs is 1. The Balaban J connectivity index is 0.00000220. The van der Waals surface area contributed by atoms with E-state index in [2.05, 4.69) is 0 Å². The van der Waals surface area contributed by atoms with Crippen LogP contribution in [-0.4, -0.2) is 36.2 Å². The first-order valence-electron chi connectivity index (χ1n) is 4.95. The van der Waals surface area contributed by atoms with E-state index >= 15 is 0 Å². The number of hydrogen-bond donors (Lipinski definition) is 4. The number of aromatic hydroxyl groups is 2. The van der Waals surface area contributed by atoms with Gasteiger partial charge >= 0.3 is 29.6 Å². The van der Waals surface area contributed by atoms with Gasteiger partial charge in [0.1, 0.15) is 9.79 Å². The summed E-state index contributed by atoms with van der Waals surface area (Å²) < 4.78 is 62.7. The summed E-state index contributed by atoms with van der Waals surface area (Å²) in [5.41, 5.74) is 0. The second kappa shape index (κ2) is 5.72. The van der Waals surface area contributed by atoms with Crippen molar-refractivity contribution < 1.29 is 67.1 Å². The Labute approximate surface area is 143 Å². The van der Waals surface area contributed by atoms with Crippen molar-refractivity contribution in [3.63, 3.8) is 0 Å². The molecule has 11 heteroatoms. The summed E-state index contributed by atoms with van der Waals surface area (Å²) in [5.74, 6) is -1.11. The molecule has 0 heterocycles. The number of hydrogen-bond acceptors (Lipinski definition) is 6. The average Bonchev–Trinajstić information content (AvgIpc) is 2.26. The molecule has 0 saturated carbocycles. The predicted molar refractivity (Wildman–Crippen MR) is 68.0 cm³/mol. The molecule has 0 fully saturated rings. The number of phenolic OH excluding ortho intramolecular Hbond substituents is 2. The van der Waals surface area contributed by atoms with Crippen LogP contribution in [0.4, 0.5) is 0 Å². The van der Waals surface area contributed by atoms with Gasteiger partial charge in [0.15, 0.2) is 11.5 Å². The van der Waals surface area contributed by atoms with Gasteiger partial charge in [-0.2, -0.15) is 16.8 Å². The van der Waals surface area contributed by atoms with Crippen molar-refractivity contribution in [2.24, 2.45) is 0 Å². The molecule has 2 aromatic rings. The molecule has 0 spiro atoms. The molecule has 2 rings (SSSR count). The van der Waals surface area contributed by atoms with Crippen molar-refractivity contribution in [2.75, 3.05) is 0 Å². The van der Waals surface area contributed by atoms with E-state index in [4.69, 9.17) is 9.11 Å². The number of phenols is 2. The first kappa shape index (κ1) is 18.2. The number of benzene rings is 2. The normalized spacial score (nSPS) is 12.1. The van der Waals surface area contributed by atoms with Crippen LogP contribution < -0.4 is 29.6 Å². The molecular weight excluding hydrogens is 335 g/mol. The van der Waals surface area contributed by atoms with Gasteiger partial charge in [-0.15, -0.1) is 0 Å². The molecule has 2 aromatic carbocycles. The van der Waals surface area contributed by atoms with Crippen molar-refractivity contribution in [1.82, 2.24) is 0 Å². The van der Waals surface area contributed by atoms with E-state index in [1.165, 1.54) is 0 Å². The minimum atomic E-state index is -4.91. The van der Waals surface area contributed by atoms with Crippen LogP contribution in [0.3, 0.4) is 0 Å². The Bertz CT molecular complexity index is 847. The van der Waals surface area contributed by atoms with Crippen molar-refractivity contribution in [3.05, 3.63) is 24.3 Å². The zero-order valence-electron chi connectivity index (χ0n) is 11.5. The predicted octanol–water partition coefficient (Wildman–Crippen LogP) is -2.14. The molecule has 0 unspecified atom stereocenters. The fraction of sp³-hybridized carbons (Fsp3) is 0. The van der Waals surface area contributed by atoms with E-state index in [1.807, 2.05) is 0 Å². The minimum absolute atomic E-state index is 0. The smallest absolute Gasteiger partial charge is 1.00 e. The van der Waals surface area contributed by atoms with E-state index in [0.29, 0.717) is 0 Å². The third-order valence-electron chi connectivity index (χ3n) is 2.55. The van der Waals surface area contributed by atoms with Gasteiger partial charge < -0.3 is 11.6 Å². The Morgan fingerprint density at radius 3 is 1.24 bits per heavy atom. The molecule has 0 aliphatic heterocycles. The SMILES string of the molecule is O=S(=O)(O)c1cc2cc(O)c(O)cc2cc1S(=O)(=O)O.[H-].[Na+]. The van der Waals surface area contributed by atoms with Crippen molar-refractivity contribution in [1.29, 1.82) is 0 Å². The summed E-state index contributed by atoms with van der Waals surface area (Å²) in [7, 11) is -9.83. The Kier molecular flexibility index (Phi) is 4.95. The standard InChI is InChI=1S/C10H8O8S2.Na.H/c11-7-1-5-3-9(19(13,14)15)10(20(16,17)18)4-6(5)2-8(7)12;;/h1-4,11-12H,(H,13,14,15)(H,16,17,18);;/q;+1;-1. The Morgan fingerprint density at radius 1 is 0.714 bits per heavy atom. The van der Waals surface area contributed by atoms with Gasteiger partial charge in [0, 0.05) is 0 Å². The van der Waals surface area contributed by atoms with E-state index in [0.717, 1.165) is 24.3 Å². The second-order valence-corrected chi connectivity index (χ2v) is 6.72. The van der Waals surface area contributed by atoms with E-state index in [1.54, 1.807) is 0 Å². The molecule has 0 bridgehead atoms. The van der Waals surface area contributed by atoms with Crippen LogP contribution in [0, 0.1) is 0 Å². The summed E-state index contributed by atoms with van der Waals surface area (Å²) in [5, 5.41) is 18.7. The van der Waals surface area contributed by atoms with E-state index < -0.39 is 41.5 Å². The molecule has 0 amide bonds. The summed E-state index contributed by atoms with van der Waals surface area (Å²) in [6.07, 6.45) is 0. The molecule has 0 aliphatic rings. The molecule has 0 atom stereocenters. The minimum Gasteiger partial charge on any atom is -1.00 e. The van der Waals surface area contributed by atoms with Gasteiger partial charge in [-0.25, -0.2) is 0 Å². The molecule has 4 N–H and O–H groups in total. The van der Waals surface area contributed by atoms with Crippen molar-refractivity contribution in [2.45, 2.75) is 9.79 Å². The number of rotatable bonds is 2. The van der Waals surface area contributed by atoms with Crippen LogP contribution in [0.1, 0.15) is 1.43 Å². The third kappa shape index (κ3) is 3.66. The summed E-state index contributed by atoms with van der Waals surface area (Å²) >= 11 is 0. The van der Waals surface area contributed by atoms with Crippen LogP contribution in [0.5, 0.6) is 11.5 Å². The zero-order chi connectivity index (χ0) is 15.3. The van der Waals surface area contributed by atoms with Gasteiger partial charge in [-0.05, 0) is 35.0 Å². The molecule has 0 saturated heterocycles. The van der Waals surface area contributed by atoms with E-state index in [9.17, 15) is 27.0 Å². The molecule has 0 aromatic heterocycles. The quantitative estimate of drug-likeness (QED) is 0.274. The molecule has 110 valence electrons. The zero-order valence-corrected chi connectivity index (χ0v) is 14.2. The average molecular weight is 344 g/mol. The van der Waals surface area contributed by atoms with Crippen LogP contribution in [0.2, 0.25) is 0 Å². The van der Waals surface area contributed by atoms with Crippen LogP contribution >= 0.6 is 0 Å². The molecule has 21 heavy (non-hydrogen) atoms. The first-order valence-corrected chi connectivity index (χ1v) is 7.83. The van der Waals surface area contributed by atoms with Crippen LogP contribution in [-0.2, 0) is 20.2 Å². The third-order valence-corrected chi connectivity index (χ3v) is 4.47. The topological polar surface area (TPSA) is 149 Å². The van der Waals surface area contributed by atoms with Gasteiger partial charge in [-0.1, -0.05) is 0 Å². The summed E-state index contributed by atoms with van der Waals surface area (Å²) in [6.45, 7) is 0. The molecule has 0 radical (unpaired) electrons. The van der Waals surface area contributed by atoms with Crippen molar-refractivity contribution >= 4 is 31.0 Å². The maximum absolute atomic E-state index is 11.2. The first-order chi connectivity index (χ1) is 9.00. The van der Waals surface area contributed by atoms with Crippen molar-refractivity contribution in [3.8, 4) is 11.5 Å². The van der Waals surface area contributed by atoms with Gasteiger partial charge in [0.25, 0.3) is 20.2 Å². The second-order valence-electron chi connectivity index (χ2n) is 3.94. The van der Waals surface area contributed by atoms with Crippen LogP contribution in [0.25, 0.3) is 10.8 Å². The maximum atomic E-state index is 11.2. The fourth-order valence-electron chi connectivity index (χ4n) is 1.69. The molecule has 8 nitrogen and oxygen atoms in total. The van der Waals surface area contributed by atoms with Gasteiger partial charge in [0.2, 0.25) is 0 Å². The molecular formula is C10H9NaO8S2. The van der Waals surface area contributed by atoms with E-state index in [-0.39, 0.29) is 41.8 Å². The summed E-state index contributed by atoms with van der Waals surface area (Å²) in [4.78, 5) is -2.06. The van der Waals surface area contributed by atoms with Gasteiger partial charge in [-0.3, -0.25) is 9.11 Å². The van der Waals surface area contributed by atoms with Gasteiger partial charge in [0.05, 0.1) is 0 Å². The monoisotopic (exact) mass is 344 g/mol. The van der Waals surface area contributed by atoms with Crippen LogP contribution in [0.15, 0.2) is 34.1 Å².